The molecule has 0 saturated heterocycles. The lowest BCUT2D eigenvalue weighted by molar-refractivity contribution is -0.191. The van der Waals surface area contributed by atoms with Crippen LogP contribution in [-0.2, 0) is 0 Å². The van der Waals surface area contributed by atoms with Crippen LogP contribution in [-0.4, -0.2) is 23.8 Å². The molecule has 1 aliphatic heterocycles. The number of aromatic nitrogens is 1. The van der Waals surface area contributed by atoms with Crippen molar-refractivity contribution in [1.82, 2.24) is 4.98 Å². The highest BCUT2D eigenvalue weighted by atomic mass is 19.4. The van der Waals surface area contributed by atoms with Gasteiger partial charge in [0.05, 0.1) is 17.7 Å². The van der Waals surface area contributed by atoms with Crippen molar-refractivity contribution in [3.05, 3.63) is 34.6 Å². The minimum atomic E-state index is -4.44. The van der Waals surface area contributed by atoms with E-state index >= 15 is 0 Å². The fraction of sp³-hybridized carbons (Fsp3) is 0.250. The molecule has 1 unspecified atom stereocenters. The van der Waals surface area contributed by atoms with E-state index in [0.717, 1.165) is 0 Å². The Morgan fingerprint density at radius 2 is 2.00 bits per heavy atom. The number of rotatable bonds is 0. The second kappa shape index (κ2) is 3.91. The van der Waals surface area contributed by atoms with Crippen molar-refractivity contribution in [3.8, 4) is 5.75 Å². The fourth-order valence-corrected chi connectivity index (χ4v) is 2.04. The van der Waals surface area contributed by atoms with Gasteiger partial charge < -0.3 is 15.0 Å². The molecule has 1 atom stereocenters. The summed E-state index contributed by atoms with van der Waals surface area (Å²) >= 11 is 0. The molecule has 2 heterocycles. The molecule has 0 saturated carbocycles. The summed E-state index contributed by atoms with van der Waals surface area (Å²) in [6.45, 7) is -0.328. The largest absolute Gasteiger partial charge is 0.476 e. The number of hydrogen-bond donors (Lipinski definition) is 2. The lowest BCUT2D eigenvalue weighted by Gasteiger charge is -2.29. The Kier molecular flexibility index (Phi) is 2.44. The zero-order valence-electron chi connectivity index (χ0n) is 9.54. The summed E-state index contributed by atoms with van der Waals surface area (Å²) in [5.74, 6) is 0.113. The van der Waals surface area contributed by atoms with E-state index in [0.29, 0.717) is 16.6 Å². The van der Waals surface area contributed by atoms with E-state index in [4.69, 9.17) is 4.74 Å². The lowest BCUT2D eigenvalue weighted by Crippen LogP contribution is -2.42. The molecule has 0 bridgehead atoms. The number of anilines is 1. The third-order valence-electron chi connectivity index (χ3n) is 2.96. The van der Waals surface area contributed by atoms with E-state index < -0.39 is 12.3 Å². The van der Waals surface area contributed by atoms with Crippen LogP contribution < -0.4 is 15.6 Å². The summed E-state index contributed by atoms with van der Waals surface area (Å²) in [4.78, 5) is 13.7. The Morgan fingerprint density at radius 3 is 2.74 bits per heavy atom. The number of benzene rings is 1. The van der Waals surface area contributed by atoms with Crippen molar-refractivity contribution in [2.24, 2.45) is 0 Å². The number of fused-ring (bicyclic) bond motifs is 3. The predicted octanol–water partition coefficient (Wildman–Crippen LogP) is 2.26. The summed E-state index contributed by atoms with van der Waals surface area (Å²) in [6.07, 6.45) is -6.33. The van der Waals surface area contributed by atoms with Crippen LogP contribution in [0.2, 0.25) is 0 Å². The van der Waals surface area contributed by atoms with Crippen LogP contribution in [0, 0.1) is 0 Å². The van der Waals surface area contributed by atoms with Gasteiger partial charge in [-0.25, -0.2) is 0 Å². The molecular formula is C12H9F3N2O2. The number of alkyl halides is 3. The summed E-state index contributed by atoms with van der Waals surface area (Å²) in [5.41, 5.74) is 0.611. The number of nitrogens with one attached hydrogen (secondary N) is 2. The third kappa shape index (κ3) is 2.00. The first kappa shape index (κ1) is 11.9. The Hall–Kier alpha value is -2.18. The monoisotopic (exact) mass is 270 g/mol. The van der Waals surface area contributed by atoms with Gasteiger partial charge in [0.2, 0.25) is 11.7 Å². The van der Waals surface area contributed by atoms with Crippen LogP contribution in [0.5, 0.6) is 5.75 Å². The quantitative estimate of drug-likeness (QED) is 0.772. The highest BCUT2D eigenvalue weighted by Gasteiger charge is 2.43. The Balaban J connectivity index is 2.14. The van der Waals surface area contributed by atoms with Crippen LogP contribution in [0.3, 0.4) is 0 Å². The molecule has 1 aliphatic rings. The number of ether oxygens (including phenoxy) is 1. The van der Waals surface area contributed by atoms with Gasteiger partial charge in [0.1, 0.15) is 0 Å². The average molecular weight is 270 g/mol. The molecule has 0 aliphatic carbocycles. The van der Waals surface area contributed by atoms with Crippen LogP contribution in [0.1, 0.15) is 0 Å². The van der Waals surface area contributed by atoms with Crippen molar-refractivity contribution in [1.29, 1.82) is 0 Å². The van der Waals surface area contributed by atoms with Crippen molar-refractivity contribution in [2.45, 2.75) is 12.3 Å². The van der Waals surface area contributed by atoms with Gasteiger partial charge in [0, 0.05) is 11.5 Å². The minimum absolute atomic E-state index is 0.113. The molecule has 100 valence electrons. The lowest BCUT2D eigenvalue weighted by atomic mass is 10.1. The predicted molar refractivity (Wildman–Crippen MR) is 63.5 cm³/mol. The van der Waals surface area contributed by atoms with Crippen LogP contribution >= 0.6 is 0 Å². The molecule has 0 fully saturated rings. The van der Waals surface area contributed by atoms with E-state index in [9.17, 15) is 18.0 Å². The van der Waals surface area contributed by atoms with E-state index in [1.165, 1.54) is 12.1 Å². The average Bonchev–Trinajstić information content (AvgIpc) is 2.36. The van der Waals surface area contributed by atoms with Crippen molar-refractivity contribution < 1.29 is 17.9 Å². The molecule has 2 aromatic rings. The number of aromatic amines is 1. The first-order chi connectivity index (χ1) is 8.95. The molecule has 0 radical (unpaired) electrons. The number of hydrogen-bond acceptors (Lipinski definition) is 3. The molecule has 19 heavy (non-hydrogen) atoms. The van der Waals surface area contributed by atoms with Crippen LogP contribution in [0.25, 0.3) is 10.9 Å². The first-order valence-electron chi connectivity index (χ1n) is 5.58. The molecule has 3 rings (SSSR count). The highest BCUT2D eigenvalue weighted by Crippen LogP contribution is 2.38. The summed E-state index contributed by atoms with van der Waals surface area (Å²) in [7, 11) is 0. The maximum absolute atomic E-state index is 12.7. The minimum Gasteiger partial charge on any atom is -0.476 e. The zero-order chi connectivity index (χ0) is 13.6. The van der Waals surface area contributed by atoms with Crippen molar-refractivity contribution in [3.63, 3.8) is 0 Å². The van der Waals surface area contributed by atoms with Gasteiger partial charge in [-0.3, -0.25) is 4.79 Å². The van der Waals surface area contributed by atoms with Crippen molar-refractivity contribution >= 4 is 16.6 Å². The van der Waals surface area contributed by atoms with E-state index in [1.807, 2.05) is 0 Å². The number of pyridine rings is 1. The molecule has 0 amide bonds. The van der Waals surface area contributed by atoms with E-state index in [2.05, 4.69) is 10.3 Å². The molecule has 0 spiro atoms. The molecule has 2 N–H and O–H groups in total. The van der Waals surface area contributed by atoms with Gasteiger partial charge in [0.25, 0.3) is 0 Å². The second-order valence-corrected chi connectivity index (χ2v) is 4.26. The fourth-order valence-electron chi connectivity index (χ4n) is 2.04. The van der Waals surface area contributed by atoms with Gasteiger partial charge in [-0.05, 0) is 18.2 Å². The third-order valence-corrected chi connectivity index (χ3v) is 2.96. The summed E-state index contributed by atoms with van der Waals surface area (Å²) in [5, 5.41) is 3.13. The van der Waals surface area contributed by atoms with Gasteiger partial charge in [-0.15, -0.1) is 0 Å². The SMILES string of the molecule is O=c1ccc2c3c(ccc2[nH]1)NCC(C(F)(F)F)O3. The van der Waals surface area contributed by atoms with Crippen molar-refractivity contribution in [2.75, 3.05) is 11.9 Å². The van der Waals surface area contributed by atoms with Gasteiger partial charge in [-0.2, -0.15) is 13.2 Å². The standard InChI is InChI=1S/C12H9F3N2O2/c13-12(14,15)9-5-16-8-3-2-7-6(11(8)19-9)1-4-10(18)17-7/h1-4,9,16H,5H2,(H,17,18). The van der Waals surface area contributed by atoms with Gasteiger partial charge >= 0.3 is 6.18 Å². The maximum atomic E-state index is 12.7. The van der Waals surface area contributed by atoms with E-state index in [-0.39, 0.29) is 17.9 Å². The van der Waals surface area contributed by atoms with Crippen LogP contribution in [0.15, 0.2) is 29.1 Å². The topological polar surface area (TPSA) is 54.1 Å². The van der Waals surface area contributed by atoms with E-state index in [1.54, 1.807) is 12.1 Å². The molecule has 4 nitrogen and oxygen atoms in total. The van der Waals surface area contributed by atoms with Gasteiger partial charge in [-0.1, -0.05) is 0 Å². The highest BCUT2D eigenvalue weighted by molar-refractivity contribution is 5.91. The number of H-pyrrole nitrogens is 1. The summed E-state index contributed by atoms with van der Waals surface area (Å²) in [6, 6.07) is 5.91. The van der Waals surface area contributed by atoms with Gasteiger partial charge in [0.15, 0.2) is 5.75 Å². The van der Waals surface area contributed by atoms with Crippen LogP contribution in [0.4, 0.5) is 18.9 Å². The molecule has 1 aromatic heterocycles. The molecule has 7 heteroatoms. The Morgan fingerprint density at radius 1 is 1.21 bits per heavy atom. The Labute approximate surface area is 105 Å². The smallest absolute Gasteiger partial charge is 0.427 e. The maximum Gasteiger partial charge on any atom is 0.427 e. The molecular weight excluding hydrogens is 261 g/mol. The second-order valence-electron chi connectivity index (χ2n) is 4.26. The first-order valence-corrected chi connectivity index (χ1v) is 5.58. The number of halogens is 3. The summed E-state index contributed by atoms with van der Waals surface area (Å²) < 4.78 is 43.1. The molecule has 1 aromatic carbocycles. The Bertz CT molecular complexity index is 693. The zero-order valence-corrected chi connectivity index (χ0v) is 9.54. The normalized spacial score (nSPS) is 18.6.